The summed E-state index contributed by atoms with van der Waals surface area (Å²) in [5.74, 6) is 0.435. The third kappa shape index (κ3) is 6.12. The average molecular weight is 293 g/mol. The predicted molar refractivity (Wildman–Crippen MR) is 89.5 cm³/mol. The van der Waals surface area contributed by atoms with Crippen molar-refractivity contribution in [3.63, 3.8) is 0 Å². The van der Waals surface area contributed by atoms with Crippen molar-refractivity contribution in [2.75, 3.05) is 11.9 Å². The molecule has 20 heavy (non-hydrogen) atoms. The average Bonchev–Trinajstić information content (AvgIpc) is 2.38. The Bertz CT molecular complexity index is 458. The van der Waals surface area contributed by atoms with Crippen molar-refractivity contribution in [2.24, 2.45) is 5.10 Å². The maximum atomic E-state index is 5.34. The summed E-state index contributed by atoms with van der Waals surface area (Å²) in [7, 11) is 0. The van der Waals surface area contributed by atoms with Crippen molar-refractivity contribution >= 4 is 29.2 Å². The van der Waals surface area contributed by atoms with Crippen LogP contribution in [0.1, 0.15) is 39.2 Å². The minimum absolute atomic E-state index is 0.199. The minimum atomic E-state index is 0.199. The third-order valence-corrected chi connectivity index (χ3v) is 2.79. The number of hydrazone groups is 1. The van der Waals surface area contributed by atoms with Gasteiger partial charge in [0, 0.05) is 5.69 Å². The van der Waals surface area contributed by atoms with Gasteiger partial charge < -0.3 is 10.1 Å². The second-order valence-electron chi connectivity index (χ2n) is 5.00. The molecule has 0 spiro atoms. The van der Waals surface area contributed by atoms with E-state index in [9.17, 15) is 0 Å². The number of thiocarbonyl (C=S) groups is 1. The van der Waals surface area contributed by atoms with E-state index in [1.807, 2.05) is 32.0 Å². The van der Waals surface area contributed by atoms with Crippen LogP contribution in [0, 0.1) is 0 Å². The lowest BCUT2D eigenvalue weighted by Crippen LogP contribution is -2.25. The van der Waals surface area contributed by atoms with Gasteiger partial charge in [0.1, 0.15) is 0 Å². The molecule has 0 aliphatic carbocycles. The summed E-state index contributed by atoms with van der Waals surface area (Å²) in [5.41, 5.74) is 5.01. The van der Waals surface area contributed by atoms with Crippen LogP contribution < -0.4 is 10.7 Å². The molecule has 0 aliphatic rings. The first kappa shape index (κ1) is 16.6. The van der Waals surface area contributed by atoms with Crippen LogP contribution in [0.5, 0.6) is 0 Å². The molecule has 4 nitrogen and oxygen atoms in total. The first-order chi connectivity index (χ1) is 9.50. The van der Waals surface area contributed by atoms with E-state index in [2.05, 4.69) is 35.8 Å². The predicted octanol–water partition coefficient (Wildman–Crippen LogP) is 3.51. The van der Waals surface area contributed by atoms with Crippen LogP contribution in [0.3, 0.4) is 0 Å². The molecule has 0 aromatic heterocycles. The fraction of sp³-hybridized carbons (Fsp3) is 0.467. The van der Waals surface area contributed by atoms with Gasteiger partial charge in [0.2, 0.25) is 0 Å². The highest BCUT2D eigenvalue weighted by molar-refractivity contribution is 7.80. The summed E-state index contributed by atoms with van der Waals surface area (Å²) in [6.07, 6.45) is 1.85. The summed E-state index contributed by atoms with van der Waals surface area (Å²) in [6.45, 7) is 8.74. The van der Waals surface area contributed by atoms with Crippen molar-refractivity contribution in [3.8, 4) is 0 Å². The van der Waals surface area contributed by atoms with Crippen molar-refractivity contribution < 1.29 is 4.74 Å². The van der Waals surface area contributed by atoms with Gasteiger partial charge in [-0.25, -0.2) is 0 Å². The molecule has 0 atom stereocenters. The molecule has 0 saturated carbocycles. The van der Waals surface area contributed by atoms with Crippen molar-refractivity contribution in [1.29, 1.82) is 0 Å². The summed E-state index contributed by atoms with van der Waals surface area (Å²) < 4.78 is 5.34. The molecule has 110 valence electrons. The topological polar surface area (TPSA) is 45.6 Å². The number of para-hydroxylation sites is 1. The van der Waals surface area contributed by atoms with Crippen LogP contribution in [-0.2, 0) is 4.74 Å². The van der Waals surface area contributed by atoms with E-state index < -0.39 is 0 Å². The van der Waals surface area contributed by atoms with Crippen molar-refractivity contribution in [1.82, 2.24) is 5.43 Å². The fourth-order valence-corrected chi connectivity index (χ4v) is 1.80. The van der Waals surface area contributed by atoms with Crippen molar-refractivity contribution in [3.05, 3.63) is 29.8 Å². The molecular weight excluding hydrogens is 270 g/mol. The molecular formula is C15H23N3OS. The first-order valence-corrected chi connectivity index (χ1v) is 7.20. The monoisotopic (exact) mass is 293 g/mol. The Morgan fingerprint density at radius 1 is 1.30 bits per heavy atom. The molecule has 2 N–H and O–H groups in total. The number of nitrogens with one attached hydrogen (secondary N) is 2. The highest BCUT2D eigenvalue weighted by Gasteiger charge is 2.06. The first-order valence-electron chi connectivity index (χ1n) is 6.79. The van der Waals surface area contributed by atoms with Crippen LogP contribution in [0.2, 0.25) is 0 Å². The van der Waals surface area contributed by atoms with E-state index in [4.69, 9.17) is 17.0 Å². The Kier molecular flexibility index (Phi) is 7.18. The normalized spacial score (nSPS) is 11.3. The van der Waals surface area contributed by atoms with Gasteiger partial charge in [-0.05, 0) is 43.6 Å². The van der Waals surface area contributed by atoms with E-state index in [0.29, 0.717) is 17.6 Å². The van der Waals surface area contributed by atoms with Gasteiger partial charge in [0.25, 0.3) is 0 Å². The molecule has 0 heterocycles. The number of ether oxygens (including phenoxy) is 1. The van der Waals surface area contributed by atoms with Crippen LogP contribution in [-0.4, -0.2) is 24.0 Å². The number of anilines is 1. The minimum Gasteiger partial charge on any atom is -0.373 e. The molecule has 5 heteroatoms. The van der Waals surface area contributed by atoms with Gasteiger partial charge in [-0.2, -0.15) is 5.10 Å². The number of benzene rings is 1. The van der Waals surface area contributed by atoms with Gasteiger partial charge in [0.05, 0.1) is 18.9 Å². The quantitative estimate of drug-likeness (QED) is 0.479. The van der Waals surface area contributed by atoms with E-state index in [1.54, 1.807) is 6.21 Å². The number of nitrogens with zero attached hydrogens (tertiary/aromatic N) is 1. The second kappa shape index (κ2) is 8.66. The van der Waals surface area contributed by atoms with E-state index in [1.165, 1.54) is 5.56 Å². The molecule has 0 aliphatic heterocycles. The van der Waals surface area contributed by atoms with E-state index in [0.717, 1.165) is 5.69 Å². The molecule has 0 fully saturated rings. The Labute approximate surface area is 126 Å². The van der Waals surface area contributed by atoms with Gasteiger partial charge >= 0.3 is 0 Å². The zero-order chi connectivity index (χ0) is 15.0. The second-order valence-corrected chi connectivity index (χ2v) is 5.41. The third-order valence-electron chi connectivity index (χ3n) is 2.59. The summed E-state index contributed by atoms with van der Waals surface area (Å²) >= 11 is 5.21. The molecule has 0 amide bonds. The Hall–Kier alpha value is -1.46. The lowest BCUT2D eigenvalue weighted by atomic mass is 10.0. The maximum Gasteiger partial charge on any atom is 0.191 e. The lowest BCUT2D eigenvalue weighted by Gasteiger charge is -2.14. The Morgan fingerprint density at radius 2 is 2.00 bits per heavy atom. The van der Waals surface area contributed by atoms with Crippen LogP contribution in [0.15, 0.2) is 29.4 Å². The smallest absolute Gasteiger partial charge is 0.191 e. The summed E-state index contributed by atoms with van der Waals surface area (Å²) in [6, 6.07) is 8.11. The zero-order valence-electron chi connectivity index (χ0n) is 12.5. The number of hydrogen-bond donors (Lipinski definition) is 2. The molecule has 0 radical (unpaired) electrons. The lowest BCUT2D eigenvalue weighted by molar-refractivity contribution is 0.112. The fourth-order valence-electron chi connectivity index (χ4n) is 1.64. The van der Waals surface area contributed by atoms with Gasteiger partial charge in [-0.15, -0.1) is 0 Å². The molecule has 0 unspecified atom stereocenters. The van der Waals surface area contributed by atoms with Gasteiger partial charge in [-0.1, -0.05) is 32.0 Å². The molecule has 0 saturated heterocycles. The molecule has 1 aromatic rings. The number of rotatable bonds is 6. The highest BCUT2D eigenvalue weighted by Crippen LogP contribution is 2.23. The largest absolute Gasteiger partial charge is 0.373 e. The number of hydrogen-bond acceptors (Lipinski definition) is 3. The molecule has 1 rings (SSSR count). The zero-order valence-corrected chi connectivity index (χ0v) is 13.3. The van der Waals surface area contributed by atoms with E-state index >= 15 is 0 Å². The van der Waals surface area contributed by atoms with Crippen LogP contribution in [0.4, 0.5) is 5.69 Å². The standard InChI is InChI=1S/C15H23N3OS/c1-11(2)13-7-5-6-8-14(13)17-15(20)18-16-9-10-19-12(3)4/h5-9,11-12H,10H2,1-4H3,(H2,17,18,20)/b16-9+. The van der Waals surface area contributed by atoms with Crippen LogP contribution >= 0.6 is 12.2 Å². The molecule has 1 aromatic carbocycles. The Balaban J connectivity index is 2.47. The highest BCUT2D eigenvalue weighted by atomic mass is 32.1. The summed E-state index contributed by atoms with van der Waals surface area (Å²) in [5, 5.41) is 7.64. The van der Waals surface area contributed by atoms with Crippen LogP contribution in [0.25, 0.3) is 0 Å². The molecule has 0 bridgehead atoms. The van der Waals surface area contributed by atoms with E-state index in [-0.39, 0.29) is 6.10 Å². The summed E-state index contributed by atoms with van der Waals surface area (Å²) in [4.78, 5) is 0. The SMILES string of the molecule is CC(C)OC/C=N/NC(=S)Nc1ccccc1C(C)C. The van der Waals surface area contributed by atoms with Gasteiger partial charge in [0.15, 0.2) is 5.11 Å². The Morgan fingerprint density at radius 3 is 2.65 bits per heavy atom. The maximum absolute atomic E-state index is 5.34. The van der Waals surface area contributed by atoms with Gasteiger partial charge in [-0.3, -0.25) is 5.43 Å². The van der Waals surface area contributed by atoms with Crippen molar-refractivity contribution in [2.45, 2.75) is 39.7 Å².